The summed E-state index contributed by atoms with van der Waals surface area (Å²) >= 11 is 0. The molecule has 1 unspecified atom stereocenters. The molecule has 0 aliphatic heterocycles. The summed E-state index contributed by atoms with van der Waals surface area (Å²) in [4.78, 5) is 9.05. The summed E-state index contributed by atoms with van der Waals surface area (Å²) in [6, 6.07) is 10.5. The molecule has 0 N–H and O–H groups in total. The summed E-state index contributed by atoms with van der Waals surface area (Å²) < 4.78 is 11.9. The Bertz CT molecular complexity index is 661. The number of benzene rings is 1. The summed E-state index contributed by atoms with van der Waals surface area (Å²) in [6.45, 7) is 8.00. The van der Waals surface area contributed by atoms with E-state index in [0.29, 0.717) is 25.1 Å². The van der Waals surface area contributed by atoms with Gasteiger partial charge in [-0.25, -0.2) is 0 Å². The van der Waals surface area contributed by atoms with Crippen LogP contribution < -0.4 is 9.47 Å². The van der Waals surface area contributed by atoms with Crippen LogP contribution in [-0.4, -0.2) is 23.2 Å². The van der Waals surface area contributed by atoms with Gasteiger partial charge in [0.2, 0.25) is 0 Å². The summed E-state index contributed by atoms with van der Waals surface area (Å²) in [5.74, 6) is 1.23. The van der Waals surface area contributed by atoms with Crippen molar-refractivity contribution in [1.82, 2.24) is 9.97 Å². The third-order valence-corrected chi connectivity index (χ3v) is 4.83. The average molecular weight is 385 g/mol. The first-order chi connectivity index (χ1) is 13.7. The lowest BCUT2D eigenvalue weighted by molar-refractivity contribution is 0.230. The number of ether oxygens (including phenoxy) is 2. The predicted molar refractivity (Wildman–Crippen MR) is 116 cm³/mol. The molecule has 154 valence electrons. The van der Waals surface area contributed by atoms with Gasteiger partial charge >= 0.3 is 6.01 Å². The fourth-order valence-corrected chi connectivity index (χ4v) is 3.09. The van der Waals surface area contributed by atoms with Gasteiger partial charge in [-0.05, 0) is 18.8 Å². The maximum atomic E-state index is 5.97. The number of hydrogen-bond acceptors (Lipinski definition) is 4. The highest BCUT2D eigenvalue weighted by Crippen LogP contribution is 2.29. The number of rotatable bonds is 14. The zero-order valence-corrected chi connectivity index (χ0v) is 17.8. The maximum Gasteiger partial charge on any atom is 0.317 e. The zero-order chi connectivity index (χ0) is 20.0. The van der Waals surface area contributed by atoms with Crippen LogP contribution in [0, 0.1) is 5.92 Å². The lowest BCUT2D eigenvalue weighted by Gasteiger charge is -2.14. The van der Waals surface area contributed by atoms with Gasteiger partial charge in [-0.1, -0.05) is 89.6 Å². The van der Waals surface area contributed by atoms with Crippen molar-refractivity contribution in [2.24, 2.45) is 5.92 Å². The second-order valence-corrected chi connectivity index (χ2v) is 7.55. The molecule has 1 aromatic heterocycles. The van der Waals surface area contributed by atoms with Gasteiger partial charge in [0.25, 0.3) is 0 Å². The fourth-order valence-electron chi connectivity index (χ4n) is 3.09. The van der Waals surface area contributed by atoms with Crippen LogP contribution >= 0.6 is 0 Å². The quantitative estimate of drug-likeness (QED) is 0.340. The number of unbranched alkanes of at least 4 members (excludes halogenated alkanes) is 5. The summed E-state index contributed by atoms with van der Waals surface area (Å²) in [6.07, 6.45) is 11.5. The van der Waals surface area contributed by atoms with E-state index in [4.69, 9.17) is 9.47 Å². The van der Waals surface area contributed by atoms with Crippen LogP contribution in [-0.2, 0) is 0 Å². The molecule has 4 heteroatoms. The highest BCUT2D eigenvalue weighted by molar-refractivity contribution is 5.65. The minimum absolute atomic E-state index is 0.431. The van der Waals surface area contributed by atoms with Gasteiger partial charge in [0.15, 0.2) is 5.75 Å². The van der Waals surface area contributed by atoms with E-state index in [0.717, 1.165) is 23.4 Å². The first-order valence-electron chi connectivity index (χ1n) is 10.9. The topological polar surface area (TPSA) is 44.2 Å². The zero-order valence-electron chi connectivity index (χ0n) is 17.8. The molecule has 28 heavy (non-hydrogen) atoms. The van der Waals surface area contributed by atoms with E-state index in [1.807, 2.05) is 30.3 Å². The smallest absolute Gasteiger partial charge is 0.317 e. The molecule has 0 radical (unpaired) electrons. The molecule has 2 aromatic rings. The van der Waals surface area contributed by atoms with Crippen LogP contribution in [0.3, 0.4) is 0 Å². The lowest BCUT2D eigenvalue weighted by atomic mass is 10.0. The van der Waals surface area contributed by atoms with E-state index < -0.39 is 0 Å². The van der Waals surface area contributed by atoms with E-state index in [-0.39, 0.29) is 0 Å². The van der Waals surface area contributed by atoms with Gasteiger partial charge in [-0.2, -0.15) is 9.97 Å². The molecule has 0 aliphatic rings. The number of hydrogen-bond donors (Lipinski definition) is 0. The van der Waals surface area contributed by atoms with E-state index >= 15 is 0 Å². The minimum atomic E-state index is 0.431. The Morgan fingerprint density at radius 3 is 2.39 bits per heavy atom. The summed E-state index contributed by atoms with van der Waals surface area (Å²) in [7, 11) is 0. The number of aromatic nitrogens is 2. The van der Waals surface area contributed by atoms with Gasteiger partial charge in [-0.15, -0.1) is 0 Å². The van der Waals surface area contributed by atoms with Gasteiger partial charge in [0.1, 0.15) is 5.69 Å². The van der Waals surface area contributed by atoms with Crippen LogP contribution in [0.4, 0.5) is 0 Å². The van der Waals surface area contributed by atoms with E-state index in [1.54, 1.807) is 6.20 Å². The van der Waals surface area contributed by atoms with Crippen molar-refractivity contribution in [3.63, 3.8) is 0 Å². The molecule has 0 saturated carbocycles. The molecule has 0 bridgehead atoms. The Morgan fingerprint density at radius 2 is 1.64 bits per heavy atom. The molecule has 0 saturated heterocycles. The third kappa shape index (κ3) is 7.87. The minimum Gasteiger partial charge on any atom is -0.490 e. The van der Waals surface area contributed by atoms with Gasteiger partial charge in [-0.3, -0.25) is 0 Å². The molecule has 1 atom stereocenters. The Labute approximate surface area is 170 Å². The van der Waals surface area contributed by atoms with Gasteiger partial charge < -0.3 is 9.47 Å². The van der Waals surface area contributed by atoms with Gasteiger partial charge in [0.05, 0.1) is 19.4 Å². The highest BCUT2D eigenvalue weighted by atomic mass is 16.5. The van der Waals surface area contributed by atoms with Crippen LogP contribution in [0.15, 0.2) is 36.5 Å². The largest absolute Gasteiger partial charge is 0.490 e. The Hall–Kier alpha value is -2.10. The molecule has 0 aliphatic carbocycles. The van der Waals surface area contributed by atoms with Crippen molar-refractivity contribution in [1.29, 1.82) is 0 Å². The molecule has 1 heterocycles. The van der Waals surface area contributed by atoms with E-state index in [1.165, 1.54) is 44.9 Å². The van der Waals surface area contributed by atoms with Crippen molar-refractivity contribution >= 4 is 0 Å². The van der Waals surface area contributed by atoms with Crippen LogP contribution in [0.25, 0.3) is 11.3 Å². The molecule has 0 spiro atoms. The normalized spacial score (nSPS) is 12.0. The highest BCUT2D eigenvalue weighted by Gasteiger charge is 2.13. The number of nitrogens with zero attached hydrogens (tertiary/aromatic N) is 2. The van der Waals surface area contributed by atoms with Crippen molar-refractivity contribution < 1.29 is 9.47 Å². The predicted octanol–water partition coefficient (Wildman–Crippen LogP) is 6.70. The molecule has 2 rings (SSSR count). The average Bonchev–Trinajstić information content (AvgIpc) is 2.74. The summed E-state index contributed by atoms with van der Waals surface area (Å²) in [5, 5.41) is 0. The second kappa shape index (κ2) is 13.1. The molecule has 0 amide bonds. The van der Waals surface area contributed by atoms with Crippen LogP contribution in [0.2, 0.25) is 0 Å². The monoisotopic (exact) mass is 384 g/mol. The van der Waals surface area contributed by atoms with Crippen molar-refractivity contribution in [2.75, 3.05) is 13.2 Å². The summed E-state index contributed by atoms with van der Waals surface area (Å²) in [5.41, 5.74) is 1.82. The van der Waals surface area contributed by atoms with Crippen molar-refractivity contribution in [3.8, 4) is 23.0 Å². The molecule has 1 aromatic carbocycles. The lowest BCUT2D eigenvalue weighted by Crippen LogP contribution is -2.11. The van der Waals surface area contributed by atoms with Crippen molar-refractivity contribution in [2.45, 2.75) is 72.1 Å². The standard InChI is InChI=1S/C24H36N2O2/c1-4-6-8-10-14-20(3)19-28-24-25-18-22(27-17-13-7-5-2)23(26-24)21-15-11-9-12-16-21/h9,11-12,15-16,18,20H,4-8,10,13-14,17,19H2,1-3H3. The van der Waals surface area contributed by atoms with Crippen LogP contribution in [0.1, 0.15) is 72.1 Å². The van der Waals surface area contributed by atoms with Crippen LogP contribution in [0.5, 0.6) is 11.8 Å². The molecular weight excluding hydrogens is 348 g/mol. The first-order valence-corrected chi connectivity index (χ1v) is 10.9. The second-order valence-electron chi connectivity index (χ2n) is 7.55. The Kier molecular flexibility index (Phi) is 10.4. The Balaban J connectivity index is 1.99. The molecule has 0 fully saturated rings. The molecular formula is C24H36N2O2. The third-order valence-electron chi connectivity index (χ3n) is 4.83. The van der Waals surface area contributed by atoms with E-state index in [9.17, 15) is 0 Å². The van der Waals surface area contributed by atoms with E-state index in [2.05, 4.69) is 30.7 Å². The Morgan fingerprint density at radius 1 is 0.893 bits per heavy atom. The SMILES string of the molecule is CCCCCCC(C)COc1ncc(OCCCCC)c(-c2ccccc2)n1. The maximum absolute atomic E-state index is 5.97. The van der Waals surface area contributed by atoms with Gasteiger partial charge in [0, 0.05) is 5.56 Å². The first kappa shape index (κ1) is 22.2. The van der Waals surface area contributed by atoms with Crippen molar-refractivity contribution in [3.05, 3.63) is 36.5 Å². The molecule has 4 nitrogen and oxygen atoms in total. The fraction of sp³-hybridized carbons (Fsp3) is 0.583.